The highest BCUT2D eigenvalue weighted by Crippen LogP contribution is 2.42. The Bertz CT molecular complexity index is 814. The average Bonchev–Trinajstić information content (AvgIpc) is 2.74. The van der Waals surface area contributed by atoms with Gasteiger partial charge in [0.25, 0.3) is 5.91 Å². The van der Waals surface area contributed by atoms with Crippen LogP contribution in [0.3, 0.4) is 0 Å². The maximum Gasteiger partial charge on any atom is 0.265 e. The van der Waals surface area contributed by atoms with Gasteiger partial charge in [-0.1, -0.05) is 18.2 Å². The number of anilines is 1. The zero-order valence-electron chi connectivity index (χ0n) is 10.5. The molecule has 0 radical (unpaired) electrons. The molecule has 4 nitrogen and oxygen atoms in total. The van der Waals surface area contributed by atoms with Gasteiger partial charge in [0.2, 0.25) is 0 Å². The molecule has 0 saturated carbocycles. The average molecular weight is 286 g/mol. The highest BCUT2D eigenvalue weighted by molar-refractivity contribution is 6.07. The zero-order valence-corrected chi connectivity index (χ0v) is 10.5. The molecule has 1 aliphatic rings. The summed E-state index contributed by atoms with van der Waals surface area (Å²) in [4.78, 5) is 12.1. The molecule has 0 aromatic heterocycles. The number of carbonyl (C=O) groups is 1. The topological polar surface area (TPSA) is 73.1 Å². The summed E-state index contributed by atoms with van der Waals surface area (Å²) in [7, 11) is 0. The zero-order chi connectivity index (χ0) is 15.2. The second-order valence-corrected chi connectivity index (χ2v) is 4.64. The minimum Gasteiger partial charge on any atom is -0.372 e. The number of fused-ring (bicyclic) bond motifs is 1. The molecule has 104 valence electrons. The summed E-state index contributed by atoms with van der Waals surface area (Å²) in [5.41, 5.74) is -2.71. The molecule has 0 fully saturated rings. The Morgan fingerprint density at radius 1 is 1.19 bits per heavy atom. The van der Waals surface area contributed by atoms with Crippen molar-refractivity contribution >= 4 is 11.6 Å². The van der Waals surface area contributed by atoms with Crippen LogP contribution in [0.25, 0.3) is 0 Å². The maximum atomic E-state index is 14.1. The molecule has 0 aliphatic carbocycles. The van der Waals surface area contributed by atoms with Crippen molar-refractivity contribution in [2.24, 2.45) is 0 Å². The Balaban J connectivity index is 2.32. The van der Waals surface area contributed by atoms with Crippen LogP contribution in [0.2, 0.25) is 0 Å². The number of hydrogen-bond donors (Lipinski definition) is 2. The lowest BCUT2D eigenvalue weighted by atomic mass is 9.86. The fraction of sp³-hybridized carbons (Fsp3) is 0.0667. The Labute approximate surface area is 118 Å². The van der Waals surface area contributed by atoms with Gasteiger partial charge in [-0.05, 0) is 18.2 Å². The summed E-state index contributed by atoms with van der Waals surface area (Å²) < 4.78 is 27.6. The van der Waals surface area contributed by atoms with Gasteiger partial charge >= 0.3 is 0 Å². The van der Waals surface area contributed by atoms with Gasteiger partial charge in [0, 0.05) is 16.8 Å². The van der Waals surface area contributed by atoms with E-state index in [1.807, 2.05) is 0 Å². The highest BCUT2D eigenvalue weighted by Gasteiger charge is 2.48. The van der Waals surface area contributed by atoms with E-state index < -0.39 is 28.7 Å². The van der Waals surface area contributed by atoms with Crippen molar-refractivity contribution in [2.45, 2.75) is 5.60 Å². The number of nitrogens with one attached hydrogen (secondary N) is 1. The summed E-state index contributed by atoms with van der Waals surface area (Å²) in [5.74, 6) is -3.55. The van der Waals surface area contributed by atoms with Crippen molar-refractivity contribution in [3.63, 3.8) is 0 Å². The van der Waals surface area contributed by atoms with Crippen molar-refractivity contribution in [3.05, 3.63) is 64.7 Å². The Kier molecular flexibility index (Phi) is 2.75. The molecular weight excluding hydrogens is 278 g/mol. The third kappa shape index (κ3) is 1.72. The standard InChI is InChI=1S/C15H8F2N2O2/c16-11-6-8(7-18)5-10(13(11)17)15(21)9-3-1-2-4-12(9)19-14(15)20/h1-6,21H,(H,19,20). The number of halogens is 2. The van der Waals surface area contributed by atoms with Gasteiger partial charge < -0.3 is 10.4 Å². The normalized spacial score (nSPS) is 19.8. The summed E-state index contributed by atoms with van der Waals surface area (Å²) >= 11 is 0. The number of aliphatic hydroxyl groups is 1. The van der Waals surface area contributed by atoms with Gasteiger partial charge in [-0.15, -0.1) is 0 Å². The summed E-state index contributed by atoms with van der Waals surface area (Å²) in [6, 6.07) is 9.51. The van der Waals surface area contributed by atoms with E-state index in [1.165, 1.54) is 12.1 Å². The van der Waals surface area contributed by atoms with Crippen molar-refractivity contribution in [3.8, 4) is 6.07 Å². The first kappa shape index (κ1) is 13.2. The van der Waals surface area contributed by atoms with Crippen molar-refractivity contribution in [2.75, 3.05) is 5.32 Å². The van der Waals surface area contributed by atoms with Gasteiger partial charge in [-0.3, -0.25) is 4.79 Å². The van der Waals surface area contributed by atoms with E-state index in [1.54, 1.807) is 18.2 Å². The second kappa shape index (κ2) is 4.36. The molecule has 2 N–H and O–H groups in total. The van der Waals surface area contributed by atoms with Gasteiger partial charge in [0.1, 0.15) is 0 Å². The predicted molar refractivity (Wildman–Crippen MR) is 69.1 cm³/mol. The van der Waals surface area contributed by atoms with Crippen molar-refractivity contribution in [1.29, 1.82) is 5.26 Å². The number of para-hydroxylation sites is 1. The van der Waals surface area contributed by atoms with Crippen LogP contribution < -0.4 is 5.32 Å². The molecule has 6 heteroatoms. The fourth-order valence-corrected chi connectivity index (χ4v) is 2.43. The molecule has 3 rings (SSSR count). The lowest BCUT2D eigenvalue weighted by Gasteiger charge is -2.22. The van der Waals surface area contributed by atoms with Crippen LogP contribution in [0.1, 0.15) is 16.7 Å². The predicted octanol–water partition coefficient (Wildman–Crippen LogP) is 2.02. The minimum absolute atomic E-state index is 0.114. The number of nitriles is 1. The summed E-state index contributed by atoms with van der Waals surface area (Å²) in [6.07, 6.45) is 0. The van der Waals surface area contributed by atoms with E-state index in [-0.39, 0.29) is 11.1 Å². The van der Waals surface area contributed by atoms with Gasteiger partial charge in [0.05, 0.1) is 11.6 Å². The first-order chi connectivity index (χ1) is 9.98. The molecule has 2 aromatic rings. The number of hydrogen-bond acceptors (Lipinski definition) is 3. The van der Waals surface area contributed by atoms with E-state index in [2.05, 4.69) is 5.32 Å². The minimum atomic E-state index is -2.37. The van der Waals surface area contributed by atoms with Crippen LogP contribution in [0.5, 0.6) is 0 Å². The third-order valence-corrected chi connectivity index (χ3v) is 3.44. The molecule has 0 saturated heterocycles. The summed E-state index contributed by atoms with van der Waals surface area (Å²) in [5, 5.41) is 21.9. The number of rotatable bonds is 1. The number of amides is 1. The molecule has 1 unspecified atom stereocenters. The van der Waals surface area contributed by atoms with Crippen molar-refractivity contribution < 1.29 is 18.7 Å². The lowest BCUT2D eigenvalue weighted by molar-refractivity contribution is -0.129. The van der Waals surface area contributed by atoms with E-state index in [4.69, 9.17) is 5.26 Å². The lowest BCUT2D eigenvalue weighted by Crippen LogP contribution is -2.36. The third-order valence-electron chi connectivity index (χ3n) is 3.44. The SMILES string of the molecule is N#Cc1cc(F)c(F)c(C2(O)C(=O)Nc3ccccc32)c1. The second-order valence-electron chi connectivity index (χ2n) is 4.64. The molecular formula is C15H8F2N2O2. The van der Waals surface area contributed by atoms with Crippen LogP contribution in [0, 0.1) is 23.0 Å². The number of carbonyl (C=O) groups excluding carboxylic acids is 1. The fourth-order valence-electron chi connectivity index (χ4n) is 2.43. The van der Waals surface area contributed by atoms with Crippen LogP contribution >= 0.6 is 0 Å². The molecule has 1 aliphatic heterocycles. The number of nitrogens with zero attached hydrogens (tertiary/aromatic N) is 1. The Morgan fingerprint density at radius 3 is 2.62 bits per heavy atom. The first-order valence-electron chi connectivity index (χ1n) is 6.01. The highest BCUT2D eigenvalue weighted by atomic mass is 19.2. The van der Waals surface area contributed by atoms with Crippen LogP contribution in [-0.2, 0) is 10.4 Å². The molecule has 1 atom stereocenters. The molecule has 2 aromatic carbocycles. The summed E-state index contributed by atoms with van der Waals surface area (Å²) in [6.45, 7) is 0. The van der Waals surface area contributed by atoms with E-state index >= 15 is 0 Å². The van der Waals surface area contributed by atoms with E-state index in [0.717, 1.165) is 6.07 Å². The Morgan fingerprint density at radius 2 is 1.90 bits per heavy atom. The van der Waals surface area contributed by atoms with Gasteiger partial charge in [0.15, 0.2) is 17.2 Å². The van der Waals surface area contributed by atoms with Crippen LogP contribution in [-0.4, -0.2) is 11.0 Å². The molecule has 0 spiro atoms. The van der Waals surface area contributed by atoms with E-state index in [9.17, 15) is 18.7 Å². The molecule has 0 bridgehead atoms. The Hall–Kier alpha value is -2.78. The number of benzene rings is 2. The molecule has 1 heterocycles. The van der Waals surface area contributed by atoms with Gasteiger partial charge in [-0.2, -0.15) is 5.26 Å². The first-order valence-corrected chi connectivity index (χ1v) is 6.01. The quantitative estimate of drug-likeness (QED) is 0.842. The van der Waals surface area contributed by atoms with Gasteiger partial charge in [-0.25, -0.2) is 8.78 Å². The molecule has 21 heavy (non-hydrogen) atoms. The van der Waals surface area contributed by atoms with Crippen LogP contribution in [0.15, 0.2) is 36.4 Å². The monoisotopic (exact) mass is 286 g/mol. The van der Waals surface area contributed by atoms with Crippen LogP contribution in [0.4, 0.5) is 14.5 Å². The molecule has 1 amide bonds. The maximum absolute atomic E-state index is 14.1. The largest absolute Gasteiger partial charge is 0.372 e. The smallest absolute Gasteiger partial charge is 0.265 e. The van der Waals surface area contributed by atoms with Crippen molar-refractivity contribution in [1.82, 2.24) is 0 Å². The van der Waals surface area contributed by atoms with E-state index in [0.29, 0.717) is 11.8 Å².